The van der Waals surface area contributed by atoms with Gasteiger partial charge in [0.15, 0.2) is 0 Å². The summed E-state index contributed by atoms with van der Waals surface area (Å²) in [5.74, 6) is -2.66. The molecule has 0 radical (unpaired) electrons. The highest BCUT2D eigenvalue weighted by Gasteiger charge is 2.25. The second-order valence-electron chi connectivity index (χ2n) is 3.65. The average molecular weight is 215 g/mol. The summed E-state index contributed by atoms with van der Waals surface area (Å²) in [5.41, 5.74) is 4.51. The summed E-state index contributed by atoms with van der Waals surface area (Å²) in [6, 6.07) is 2.78. The lowest BCUT2D eigenvalue weighted by molar-refractivity contribution is -0.138. The highest BCUT2D eigenvalue weighted by Crippen LogP contribution is 2.23. The van der Waals surface area contributed by atoms with Gasteiger partial charge in [-0.25, -0.2) is 8.78 Å². The Balaban J connectivity index is 3.08. The van der Waals surface area contributed by atoms with Crippen molar-refractivity contribution in [1.29, 1.82) is 0 Å². The first-order valence-corrected chi connectivity index (χ1v) is 4.28. The van der Waals surface area contributed by atoms with Gasteiger partial charge >= 0.3 is 5.97 Å². The number of carboxylic acid groups (broad SMARTS) is 1. The van der Waals surface area contributed by atoms with Gasteiger partial charge < -0.3 is 10.8 Å². The van der Waals surface area contributed by atoms with Gasteiger partial charge in [-0.1, -0.05) is 0 Å². The number of rotatable bonds is 3. The van der Waals surface area contributed by atoms with E-state index in [9.17, 15) is 13.6 Å². The Hall–Kier alpha value is -1.49. The third kappa shape index (κ3) is 2.99. The lowest BCUT2D eigenvalue weighted by atomic mass is 9.90. The Bertz CT molecular complexity index is 371. The molecule has 0 bridgehead atoms. The van der Waals surface area contributed by atoms with Gasteiger partial charge in [-0.3, -0.25) is 4.79 Å². The van der Waals surface area contributed by atoms with E-state index < -0.39 is 29.6 Å². The largest absolute Gasteiger partial charge is 0.481 e. The van der Waals surface area contributed by atoms with E-state index in [1.165, 1.54) is 6.92 Å². The van der Waals surface area contributed by atoms with E-state index in [0.717, 1.165) is 12.1 Å². The van der Waals surface area contributed by atoms with E-state index in [0.29, 0.717) is 6.07 Å². The first kappa shape index (κ1) is 11.6. The van der Waals surface area contributed by atoms with E-state index in [1.807, 2.05) is 0 Å². The molecule has 5 heteroatoms. The van der Waals surface area contributed by atoms with Crippen molar-refractivity contribution in [1.82, 2.24) is 0 Å². The van der Waals surface area contributed by atoms with Gasteiger partial charge in [-0.05, 0) is 24.6 Å². The van der Waals surface area contributed by atoms with Crippen LogP contribution in [0.15, 0.2) is 18.2 Å². The zero-order valence-corrected chi connectivity index (χ0v) is 8.13. The van der Waals surface area contributed by atoms with Crippen molar-refractivity contribution in [2.45, 2.75) is 18.9 Å². The fraction of sp³-hybridized carbons (Fsp3) is 0.300. The number of hydrogen-bond acceptors (Lipinski definition) is 2. The quantitative estimate of drug-likeness (QED) is 0.805. The summed E-state index contributed by atoms with van der Waals surface area (Å²) >= 11 is 0. The molecule has 3 nitrogen and oxygen atoms in total. The van der Waals surface area contributed by atoms with Crippen molar-refractivity contribution in [3.05, 3.63) is 35.4 Å². The molecule has 0 aliphatic carbocycles. The molecule has 0 saturated carbocycles. The number of hydrogen-bond donors (Lipinski definition) is 2. The average Bonchev–Trinajstić information content (AvgIpc) is 1.99. The molecule has 3 N–H and O–H groups in total. The predicted octanol–water partition coefficient (Wildman–Crippen LogP) is 1.61. The Morgan fingerprint density at radius 3 is 2.27 bits per heavy atom. The smallest absolute Gasteiger partial charge is 0.305 e. The molecule has 0 fully saturated rings. The van der Waals surface area contributed by atoms with Crippen LogP contribution in [0.25, 0.3) is 0 Å². The van der Waals surface area contributed by atoms with Gasteiger partial charge in [0, 0.05) is 11.6 Å². The molecule has 1 aromatic rings. The second-order valence-corrected chi connectivity index (χ2v) is 3.65. The lowest BCUT2D eigenvalue weighted by Crippen LogP contribution is -2.35. The number of halogens is 2. The summed E-state index contributed by atoms with van der Waals surface area (Å²) in [4.78, 5) is 10.5. The molecule has 0 aromatic heterocycles. The zero-order valence-electron chi connectivity index (χ0n) is 8.13. The molecule has 15 heavy (non-hydrogen) atoms. The lowest BCUT2D eigenvalue weighted by Gasteiger charge is -2.23. The minimum Gasteiger partial charge on any atom is -0.481 e. The molecule has 0 aliphatic heterocycles. The van der Waals surface area contributed by atoms with E-state index in [1.54, 1.807) is 0 Å². The van der Waals surface area contributed by atoms with Crippen molar-refractivity contribution >= 4 is 5.97 Å². The van der Waals surface area contributed by atoms with Crippen LogP contribution >= 0.6 is 0 Å². The minimum atomic E-state index is -1.28. The van der Waals surface area contributed by atoms with Crippen LogP contribution in [-0.4, -0.2) is 11.1 Å². The van der Waals surface area contributed by atoms with Crippen molar-refractivity contribution in [2.24, 2.45) is 5.73 Å². The summed E-state index contributed by atoms with van der Waals surface area (Å²) in [5, 5.41) is 8.58. The molecular formula is C10H11F2NO2. The second kappa shape index (κ2) is 3.94. The molecule has 0 amide bonds. The zero-order chi connectivity index (χ0) is 11.6. The monoisotopic (exact) mass is 215 g/mol. The Labute approximate surface area is 85.5 Å². The predicted molar refractivity (Wildman–Crippen MR) is 50.2 cm³/mol. The molecule has 1 atom stereocenters. The first-order chi connectivity index (χ1) is 6.81. The molecule has 1 rings (SSSR count). The van der Waals surface area contributed by atoms with E-state index in [4.69, 9.17) is 10.8 Å². The van der Waals surface area contributed by atoms with Crippen LogP contribution in [0.4, 0.5) is 8.78 Å². The van der Waals surface area contributed by atoms with Gasteiger partial charge in [0.1, 0.15) is 11.6 Å². The molecule has 0 heterocycles. The topological polar surface area (TPSA) is 63.3 Å². The summed E-state index contributed by atoms with van der Waals surface area (Å²) in [6.07, 6.45) is -0.393. The van der Waals surface area contributed by atoms with Crippen molar-refractivity contribution in [2.75, 3.05) is 0 Å². The fourth-order valence-electron chi connectivity index (χ4n) is 1.30. The van der Waals surface area contributed by atoms with Gasteiger partial charge in [-0.2, -0.15) is 0 Å². The van der Waals surface area contributed by atoms with Crippen LogP contribution in [0.1, 0.15) is 18.9 Å². The van der Waals surface area contributed by atoms with Crippen molar-refractivity contribution < 1.29 is 18.7 Å². The summed E-state index contributed by atoms with van der Waals surface area (Å²) in [7, 11) is 0. The molecule has 1 unspecified atom stereocenters. The van der Waals surface area contributed by atoms with Crippen LogP contribution in [0.5, 0.6) is 0 Å². The Morgan fingerprint density at radius 2 is 1.87 bits per heavy atom. The molecule has 0 saturated heterocycles. The maximum Gasteiger partial charge on any atom is 0.305 e. The Kier molecular flexibility index (Phi) is 3.04. The number of aliphatic carboxylic acids is 1. The number of benzene rings is 1. The molecule has 0 spiro atoms. The van der Waals surface area contributed by atoms with E-state index in [-0.39, 0.29) is 5.56 Å². The van der Waals surface area contributed by atoms with Gasteiger partial charge in [-0.15, -0.1) is 0 Å². The van der Waals surface area contributed by atoms with E-state index >= 15 is 0 Å². The number of nitrogens with two attached hydrogens (primary N) is 1. The fourth-order valence-corrected chi connectivity index (χ4v) is 1.30. The highest BCUT2D eigenvalue weighted by atomic mass is 19.1. The number of carboxylic acids is 1. The van der Waals surface area contributed by atoms with Gasteiger partial charge in [0.25, 0.3) is 0 Å². The number of carbonyl (C=O) groups is 1. The summed E-state index contributed by atoms with van der Waals surface area (Å²) < 4.78 is 25.7. The van der Waals surface area contributed by atoms with Crippen LogP contribution in [0.2, 0.25) is 0 Å². The van der Waals surface area contributed by atoms with E-state index in [2.05, 4.69) is 0 Å². The molecule has 1 aromatic carbocycles. The van der Waals surface area contributed by atoms with Crippen LogP contribution in [0, 0.1) is 11.6 Å². The van der Waals surface area contributed by atoms with Crippen LogP contribution in [-0.2, 0) is 10.3 Å². The third-order valence-corrected chi connectivity index (χ3v) is 2.04. The third-order valence-electron chi connectivity index (χ3n) is 2.04. The normalized spacial score (nSPS) is 14.7. The summed E-state index contributed by atoms with van der Waals surface area (Å²) in [6.45, 7) is 1.41. The molecular weight excluding hydrogens is 204 g/mol. The maximum absolute atomic E-state index is 12.9. The standard InChI is InChI=1S/C10H11F2NO2/c1-10(13,5-9(14)15)6-2-7(11)4-8(12)3-6/h2-4H,5,13H2,1H3,(H,14,15). The molecule has 82 valence electrons. The Morgan fingerprint density at radius 1 is 1.40 bits per heavy atom. The van der Waals surface area contributed by atoms with Gasteiger partial charge in [0.2, 0.25) is 0 Å². The van der Waals surface area contributed by atoms with Crippen LogP contribution in [0.3, 0.4) is 0 Å². The molecule has 0 aliphatic rings. The SMILES string of the molecule is CC(N)(CC(=O)O)c1cc(F)cc(F)c1. The maximum atomic E-state index is 12.9. The van der Waals surface area contributed by atoms with Gasteiger partial charge in [0.05, 0.1) is 6.42 Å². The van der Waals surface area contributed by atoms with Crippen molar-refractivity contribution in [3.8, 4) is 0 Å². The van der Waals surface area contributed by atoms with Crippen LogP contribution < -0.4 is 5.73 Å². The highest BCUT2D eigenvalue weighted by molar-refractivity contribution is 5.68. The minimum absolute atomic E-state index is 0.127. The van der Waals surface area contributed by atoms with Crippen molar-refractivity contribution in [3.63, 3.8) is 0 Å². The first-order valence-electron chi connectivity index (χ1n) is 4.28.